The molecule has 0 saturated carbocycles. The van der Waals surface area contributed by atoms with E-state index in [9.17, 15) is 31.4 Å². The van der Waals surface area contributed by atoms with E-state index in [2.05, 4.69) is 40.7 Å². The Morgan fingerprint density at radius 2 is 1.68 bits per heavy atom. The van der Waals surface area contributed by atoms with E-state index in [1.165, 1.54) is 13.0 Å². The van der Waals surface area contributed by atoms with Crippen LogP contribution in [0.3, 0.4) is 0 Å². The summed E-state index contributed by atoms with van der Waals surface area (Å²) in [5.41, 5.74) is -1.27. The summed E-state index contributed by atoms with van der Waals surface area (Å²) >= 11 is 17.6. The maximum atomic E-state index is 12.8. The Bertz CT molecular complexity index is 1740. The number of hydrogen-bond donors (Lipinski definition) is 7. The zero-order valence-electron chi connectivity index (χ0n) is 25.2. The first-order chi connectivity index (χ1) is 21.5. The molecule has 264 valence electrons. The van der Waals surface area contributed by atoms with Crippen molar-refractivity contribution in [1.82, 2.24) is 34.6 Å². The molecule has 3 aromatic rings. The van der Waals surface area contributed by atoms with Crippen LogP contribution in [0.25, 0.3) is 5.69 Å². The van der Waals surface area contributed by atoms with Gasteiger partial charge in [-0.1, -0.05) is 23.2 Å². The Morgan fingerprint density at radius 3 is 2.15 bits per heavy atom. The Balaban J connectivity index is 0.000000392. The van der Waals surface area contributed by atoms with Crippen LogP contribution in [-0.4, -0.2) is 90.3 Å². The first-order valence-corrected chi connectivity index (χ1v) is 17.7. The smallest absolute Gasteiger partial charge is 0.355 e. The number of benzene rings is 1. The van der Waals surface area contributed by atoms with Crippen molar-refractivity contribution < 1.29 is 41.5 Å². The molecule has 0 bridgehead atoms. The van der Waals surface area contributed by atoms with Crippen LogP contribution in [0.4, 0.5) is 26.4 Å². The summed E-state index contributed by atoms with van der Waals surface area (Å²) in [7, 11) is -7.74. The van der Waals surface area contributed by atoms with E-state index in [1.807, 2.05) is 20.8 Å². The SMILES string of the molecule is CCNc1nc(Cl)nc(NC(C)C)n1.Cc1nn(-c2cc(NS(C)(=O)=O)c(Cl)cc2Cl)c(=O)n1C(F)F.O=C(O)CNCP(=O)(O)O. The molecule has 18 nitrogen and oxygen atoms in total. The van der Waals surface area contributed by atoms with Crippen LogP contribution in [0.15, 0.2) is 16.9 Å². The molecule has 0 aliphatic carbocycles. The topological polar surface area (TPSA) is 256 Å². The summed E-state index contributed by atoms with van der Waals surface area (Å²) in [6, 6.07) is 2.58. The minimum atomic E-state index is -4.10. The molecule has 0 aliphatic heterocycles. The number of alkyl halides is 2. The maximum Gasteiger partial charge on any atom is 0.355 e. The average molecular weight is 772 g/mol. The quantitative estimate of drug-likeness (QED) is 0.131. The van der Waals surface area contributed by atoms with Crippen LogP contribution < -0.4 is 26.4 Å². The van der Waals surface area contributed by atoms with Gasteiger partial charge in [0.05, 0.1) is 40.5 Å². The van der Waals surface area contributed by atoms with Gasteiger partial charge in [-0.2, -0.15) is 28.4 Å². The number of aryl methyl sites for hydroxylation is 1. The highest BCUT2D eigenvalue weighted by molar-refractivity contribution is 7.92. The number of carbonyl (C=O) groups is 1. The highest BCUT2D eigenvalue weighted by Gasteiger charge is 2.21. The zero-order chi connectivity index (χ0) is 36.3. The fourth-order valence-electron chi connectivity index (χ4n) is 3.05. The van der Waals surface area contributed by atoms with E-state index in [4.69, 9.17) is 49.7 Å². The second-order valence-corrected chi connectivity index (χ2v) is 13.8. The third-order valence-electron chi connectivity index (χ3n) is 4.69. The lowest BCUT2D eigenvalue weighted by Gasteiger charge is -2.10. The number of halogens is 5. The zero-order valence-corrected chi connectivity index (χ0v) is 29.2. The summed E-state index contributed by atoms with van der Waals surface area (Å²) in [5.74, 6) is -0.381. The van der Waals surface area contributed by atoms with E-state index >= 15 is 0 Å². The Hall–Kier alpha value is -3.17. The van der Waals surface area contributed by atoms with Crippen molar-refractivity contribution in [2.45, 2.75) is 40.3 Å². The van der Waals surface area contributed by atoms with Crippen LogP contribution in [0.2, 0.25) is 15.3 Å². The number of rotatable bonds is 12. The maximum absolute atomic E-state index is 12.8. The van der Waals surface area contributed by atoms with Crippen LogP contribution in [0.1, 0.15) is 33.1 Å². The first kappa shape index (κ1) is 41.9. The summed E-state index contributed by atoms with van der Waals surface area (Å²) in [6.45, 7) is 4.44. The van der Waals surface area contributed by atoms with Gasteiger partial charge in [0, 0.05) is 12.6 Å². The Kier molecular flexibility index (Phi) is 16.4. The summed E-state index contributed by atoms with van der Waals surface area (Å²) < 4.78 is 61.3. The van der Waals surface area contributed by atoms with Gasteiger partial charge < -0.3 is 25.5 Å². The third kappa shape index (κ3) is 15.5. The van der Waals surface area contributed by atoms with Gasteiger partial charge in [0.2, 0.25) is 27.2 Å². The van der Waals surface area contributed by atoms with Crippen molar-refractivity contribution in [3.8, 4) is 5.69 Å². The number of nitrogens with one attached hydrogen (secondary N) is 4. The van der Waals surface area contributed by atoms with Gasteiger partial charge >= 0.3 is 25.8 Å². The predicted octanol–water partition coefficient (Wildman–Crippen LogP) is 2.99. The van der Waals surface area contributed by atoms with Crippen molar-refractivity contribution >= 4 is 76.0 Å². The highest BCUT2D eigenvalue weighted by Crippen LogP contribution is 2.32. The lowest BCUT2D eigenvalue weighted by Crippen LogP contribution is -2.25. The number of sulfonamides is 1. The average Bonchev–Trinajstić information content (AvgIpc) is 3.17. The number of anilines is 3. The van der Waals surface area contributed by atoms with Crippen molar-refractivity contribution in [2.75, 3.05) is 41.0 Å². The first-order valence-electron chi connectivity index (χ1n) is 12.9. The normalized spacial score (nSPS) is 11.4. The van der Waals surface area contributed by atoms with E-state index in [0.29, 0.717) is 16.6 Å². The molecule has 0 unspecified atom stereocenters. The van der Waals surface area contributed by atoms with E-state index < -0.39 is 48.7 Å². The summed E-state index contributed by atoms with van der Waals surface area (Å²) in [4.78, 5) is 50.2. The third-order valence-corrected chi connectivity index (χ3v) is 6.70. The molecule has 0 aliphatic rings. The molecule has 25 heteroatoms. The van der Waals surface area contributed by atoms with Gasteiger partial charge in [-0.15, -0.1) is 5.10 Å². The van der Waals surface area contributed by atoms with Crippen molar-refractivity contribution in [1.29, 1.82) is 0 Å². The van der Waals surface area contributed by atoms with Crippen LogP contribution in [-0.2, 0) is 19.4 Å². The van der Waals surface area contributed by atoms with Gasteiger partial charge in [0.15, 0.2) is 0 Å². The number of hydrogen-bond acceptors (Lipinski definition) is 12. The number of carboxylic acids is 1. The Morgan fingerprint density at radius 1 is 1.09 bits per heavy atom. The van der Waals surface area contributed by atoms with Gasteiger partial charge in [-0.25, -0.2) is 17.8 Å². The largest absolute Gasteiger partial charge is 0.480 e. The lowest BCUT2D eigenvalue weighted by atomic mass is 10.3. The monoisotopic (exact) mass is 770 g/mol. The molecule has 1 aromatic carbocycles. The van der Waals surface area contributed by atoms with Gasteiger partial charge in [0.25, 0.3) is 0 Å². The van der Waals surface area contributed by atoms with Gasteiger partial charge in [-0.3, -0.25) is 19.4 Å². The van der Waals surface area contributed by atoms with Crippen LogP contribution in [0.5, 0.6) is 0 Å². The second-order valence-electron chi connectivity index (χ2n) is 9.27. The molecule has 2 aromatic heterocycles. The fraction of sp³-hybridized carbons (Fsp3) is 0.455. The molecular weight excluding hydrogens is 740 g/mol. The standard InChI is InChI=1S/C11H10Cl2F2N4O3S.C8H14ClN5.C3H8NO5P/c1-5-16-19(11(20)18(5)10(14)15)9-4-8(17-23(2,21)22)6(12)3-7(9)13;1-4-10-7-12-6(9)13-8(14-7)11-5(2)3;5-3(6)1-4-2-10(7,8)9/h3-4,10,17H,1-2H3;5H,4H2,1-3H3,(H2,10,11,12,13,14);4H,1-2H2,(H,5,6)(H2,7,8,9). The number of aromatic nitrogens is 6. The molecule has 2 heterocycles. The predicted molar refractivity (Wildman–Crippen MR) is 173 cm³/mol. The van der Waals surface area contributed by atoms with Crippen molar-refractivity contribution in [3.63, 3.8) is 0 Å². The molecule has 7 N–H and O–H groups in total. The number of carboxylic acid groups (broad SMARTS) is 1. The molecule has 0 radical (unpaired) electrons. The summed E-state index contributed by atoms with van der Waals surface area (Å²) in [6.07, 6.45) is 0.304. The minimum Gasteiger partial charge on any atom is -0.480 e. The molecule has 0 fully saturated rings. The lowest BCUT2D eigenvalue weighted by molar-refractivity contribution is -0.135. The van der Waals surface area contributed by atoms with Crippen molar-refractivity contribution in [3.05, 3.63) is 43.8 Å². The van der Waals surface area contributed by atoms with E-state index in [1.54, 1.807) is 0 Å². The molecule has 47 heavy (non-hydrogen) atoms. The molecule has 0 spiro atoms. The van der Waals surface area contributed by atoms with E-state index in [-0.39, 0.29) is 43.1 Å². The molecular formula is C22H32Cl3F2N10O8PS. The number of nitrogens with zero attached hydrogens (tertiary/aromatic N) is 6. The molecule has 0 amide bonds. The van der Waals surface area contributed by atoms with E-state index in [0.717, 1.165) is 18.9 Å². The van der Waals surface area contributed by atoms with Crippen molar-refractivity contribution in [2.24, 2.45) is 0 Å². The second kappa shape index (κ2) is 18.4. The van der Waals surface area contributed by atoms with Crippen LogP contribution in [0, 0.1) is 6.92 Å². The Labute approximate surface area is 282 Å². The molecule has 0 saturated heterocycles. The highest BCUT2D eigenvalue weighted by atomic mass is 35.5. The summed E-state index contributed by atoms with van der Waals surface area (Å²) in [5, 5.41) is 19.9. The fourth-order valence-corrected chi connectivity index (χ4v) is 4.75. The molecule has 3 rings (SSSR count). The number of aliphatic carboxylic acids is 1. The van der Waals surface area contributed by atoms with Gasteiger partial charge in [-0.05, 0) is 51.4 Å². The van der Waals surface area contributed by atoms with Crippen LogP contribution >= 0.6 is 42.4 Å². The van der Waals surface area contributed by atoms with Gasteiger partial charge in [0.1, 0.15) is 5.82 Å². The molecule has 0 atom stereocenters. The minimum absolute atomic E-state index is 0.0257.